The van der Waals surface area contributed by atoms with Crippen LogP contribution in [-0.2, 0) is 89.4 Å². The molecule has 13 heteroatoms. The van der Waals surface area contributed by atoms with Crippen LogP contribution in [0, 0.1) is 0 Å². The zero-order valence-corrected chi connectivity index (χ0v) is 22.1. The fourth-order valence-electron chi connectivity index (χ4n) is 0. The van der Waals surface area contributed by atoms with Crippen LogP contribution in [0.5, 0.6) is 0 Å². The van der Waals surface area contributed by atoms with Crippen molar-refractivity contribution in [2.75, 3.05) is 0 Å². The average molecular weight is 615 g/mol. The molecule has 0 radical (unpaired) electrons. The SMILES string of the molecule is O=[As]([O-])([O-])[O-].O=[As]([O-])([O-])[O-].[Cd+2].[Cd+2].[Cd+2]. The molecule has 0 amide bonds. The predicted octanol–water partition coefficient (Wildman–Crippen LogP) is -8.14. The molecule has 0 atom stereocenters. The van der Waals surface area contributed by atoms with E-state index in [9.17, 15) is 0 Å². The molecule has 0 saturated carbocycles. The van der Waals surface area contributed by atoms with E-state index < -0.39 is 29.0 Å². The van der Waals surface area contributed by atoms with Gasteiger partial charge in [-0.05, 0) is 0 Å². The van der Waals surface area contributed by atoms with Gasteiger partial charge in [-0.3, -0.25) is 0 Å². The summed E-state index contributed by atoms with van der Waals surface area (Å²) in [5.41, 5.74) is 0. The van der Waals surface area contributed by atoms with Gasteiger partial charge in [-0.15, -0.1) is 0 Å². The van der Waals surface area contributed by atoms with Crippen LogP contribution in [0.25, 0.3) is 0 Å². The van der Waals surface area contributed by atoms with Crippen molar-refractivity contribution in [1.29, 1.82) is 0 Å². The molecular formula is As2Cd3O8. The first-order valence-corrected chi connectivity index (χ1v) is 7.59. The molecule has 8 nitrogen and oxygen atoms in total. The van der Waals surface area contributed by atoms with Gasteiger partial charge in [-0.25, -0.2) is 0 Å². The van der Waals surface area contributed by atoms with Crippen LogP contribution in [0.1, 0.15) is 0 Å². The molecule has 0 aliphatic rings. The second kappa shape index (κ2) is 13.3. The summed E-state index contributed by atoms with van der Waals surface area (Å²) in [6.07, 6.45) is 0. The number of hydrogen-bond acceptors (Lipinski definition) is 8. The number of rotatable bonds is 0. The Morgan fingerprint density at radius 1 is 0.538 bits per heavy atom. The molecule has 0 fully saturated rings. The third-order valence-corrected chi connectivity index (χ3v) is 0. The topological polar surface area (TPSA) is 172 Å². The van der Waals surface area contributed by atoms with E-state index in [1.54, 1.807) is 0 Å². The first-order chi connectivity index (χ1) is 4.00. The summed E-state index contributed by atoms with van der Waals surface area (Å²) in [5.74, 6) is 0. The van der Waals surface area contributed by atoms with E-state index in [2.05, 4.69) is 0 Å². The first kappa shape index (κ1) is 29.9. The Morgan fingerprint density at radius 2 is 0.538 bits per heavy atom. The summed E-state index contributed by atoms with van der Waals surface area (Å²) in [6, 6.07) is 0. The van der Waals surface area contributed by atoms with Gasteiger partial charge in [0.15, 0.2) is 0 Å². The summed E-state index contributed by atoms with van der Waals surface area (Å²) in [4.78, 5) is 0. The Labute approximate surface area is 140 Å². The predicted molar refractivity (Wildman–Crippen MR) is 12.9 cm³/mol. The van der Waals surface area contributed by atoms with E-state index in [0.717, 1.165) is 0 Å². The van der Waals surface area contributed by atoms with Crippen LogP contribution in [0.2, 0.25) is 0 Å². The van der Waals surface area contributed by atoms with Crippen molar-refractivity contribution < 1.29 is 114 Å². The van der Waals surface area contributed by atoms with Gasteiger partial charge >= 0.3 is 143 Å². The molecule has 0 heterocycles. The molecule has 0 N–H and O–H groups in total. The minimum absolute atomic E-state index is 0. The molecule has 0 aliphatic carbocycles. The Kier molecular flexibility index (Phi) is 30.6. The molecule has 0 aliphatic heterocycles. The third kappa shape index (κ3) is 254. The average Bonchev–Trinajstić information content (AvgIpc) is 1.12. The van der Waals surface area contributed by atoms with E-state index in [1.165, 1.54) is 0 Å². The third-order valence-electron chi connectivity index (χ3n) is 0. The quantitative estimate of drug-likeness (QED) is 0.242. The van der Waals surface area contributed by atoms with Gasteiger partial charge < -0.3 is 0 Å². The van der Waals surface area contributed by atoms with E-state index in [4.69, 9.17) is 32.1 Å². The fourth-order valence-corrected chi connectivity index (χ4v) is 0. The summed E-state index contributed by atoms with van der Waals surface area (Å²) < 4.78 is 68.9. The molecular weight excluding hydrogens is 615 g/mol. The largest absolute Gasteiger partial charge is 2.00 e. The van der Waals surface area contributed by atoms with Crippen LogP contribution in [0.4, 0.5) is 0 Å². The van der Waals surface area contributed by atoms with Gasteiger partial charge in [0.2, 0.25) is 0 Å². The molecule has 64 valence electrons. The zero-order chi connectivity index (χ0) is 9.00. The molecule has 0 unspecified atom stereocenters. The van der Waals surface area contributed by atoms with Crippen molar-refractivity contribution in [1.82, 2.24) is 0 Å². The van der Waals surface area contributed by atoms with E-state index in [1.807, 2.05) is 0 Å². The van der Waals surface area contributed by atoms with Gasteiger partial charge in [0.25, 0.3) is 0 Å². The molecule has 0 rings (SSSR count). The summed E-state index contributed by atoms with van der Waals surface area (Å²) in [6.45, 7) is 0. The second-order valence-electron chi connectivity index (χ2n) is 0.894. The molecule has 0 aromatic rings. The monoisotopic (exact) mass is 620 g/mol. The standard InChI is InChI=1S/2AsH3O4.3Cd/c2*2-1(3,4)5;;;/h2*(H3,2,3,4,5);;;/q;;3*+2/p-6. The maximum atomic E-state index is 8.61. The maximum absolute atomic E-state index is 8.61. The molecule has 13 heavy (non-hydrogen) atoms. The molecule has 0 saturated heterocycles. The number of hydrogen-bond donors (Lipinski definition) is 0. The van der Waals surface area contributed by atoms with Crippen LogP contribution < -0.4 is 24.6 Å². The minimum Gasteiger partial charge on any atom is 2.00 e. The van der Waals surface area contributed by atoms with Gasteiger partial charge in [-0.2, -0.15) is 0 Å². The van der Waals surface area contributed by atoms with Crippen molar-refractivity contribution in [2.24, 2.45) is 0 Å². The Hall–Kier alpha value is 3.24. The van der Waals surface area contributed by atoms with Gasteiger partial charge in [-0.1, -0.05) is 0 Å². The van der Waals surface area contributed by atoms with Crippen molar-refractivity contribution in [3.8, 4) is 0 Å². The zero-order valence-electron chi connectivity index (χ0n) is 6.28. The first-order valence-electron chi connectivity index (χ1n) is 1.46. The summed E-state index contributed by atoms with van der Waals surface area (Å²) in [7, 11) is 0. The fraction of sp³-hybridized carbons (Fsp3) is 0. The van der Waals surface area contributed by atoms with Crippen LogP contribution in [0.3, 0.4) is 0 Å². The molecule has 0 aromatic heterocycles. The Balaban J connectivity index is -0.0000000267. The summed E-state index contributed by atoms with van der Waals surface area (Å²) >= 11 is -11.8. The van der Waals surface area contributed by atoms with Gasteiger partial charge in [0.05, 0.1) is 0 Å². The van der Waals surface area contributed by atoms with Crippen molar-refractivity contribution in [2.45, 2.75) is 0 Å². The molecule has 0 spiro atoms. The van der Waals surface area contributed by atoms with Crippen molar-refractivity contribution in [3.05, 3.63) is 0 Å². The van der Waals surface area contributed by atoms with Crippen LogP contribution in [-0.4, -0.2) is 29.0 Å². The summed E-state index contributed by atoms with van der Waals surface area (Å²) in [5, 5.41) is 0. The molecule has 0 aromatic carbocycles. The second-order valence-corrected chi connectivity index (χ2v) is 4.65. The minimum atomic E-state index is -5.88. The smallest absolute Gasteiger partial charge is 2.00 e. The van der Waals surface area contributed by atoms with Gasteiger partial charge in [0.1, 0.15) is 0 Å². The Bertz CT molecular complexity index is 130. The normalized spacial score (nSPS) is 9.08. The van der Waals surface area contributed by atoms with E-state index in [-0.39, 0.29) is 81.9 Å². The van der Waals surface area contributed by atoms with E-state index >= 15 is 0 Å². The van der Waals surface area contributed by atoms with Crippen LogP contribution in [0.15, 0.2) is 0 Å². The van der Waals surface area contributed by atoms with Crippen LogP contribution >= 0.6 is 0 Å². The maximum Gasteiger partial charge on any atom is 2.00 e. The van der Waals surface area contributed by atoms with E-state index in [0.29, 0.717) is 0 Å². The van der Waals surface area contributed by atoms with Crippen molar-refractivity contribution >= 4 is 29.0 Å². The molecule has 0 bridgehead atoms. The van der Waals surface area contributed by atoms with Crippen molar-refractivity contribution in [3.63, 3.8) is 0 Å². The van der Waals surface area contributed by atoms with Gasteiger partial charge in [0, 0.05) is 0 Å². The Morgan fingerprint density at radius 3 is 0.538 bits per heavy atom.